The summed E-state index contributed by atoms with van der Waals surface area (Å²) in [5.74, 6) is 0.516. The maximum absolute atomic E-state index is 12.5. The summed E-state index contributed by atoms with van der Waals surface area (Å²) in [6, 6.07) is 10.8. The zero-order valence-electron chi connectivity index (χ0n) is 14.2. The summed E-state index contributed by atoms with van der Waals surface area (Å²) < 4.78 is 10.3. The molecule has 0 saturated carbocycles. The molecule has 3 rings (SSSR count). The number of nitrogens with one attached hydrogen (secondary N) is 1. The summed E-state index contributed by atoms with van der Waals surface area (Å²) in [6.07, 6.45) is -0.451. The number of amides is 2. The van der Waals surface area contributed by atoms with Crippen LogP contribution in [-0.2, 0) is 22.6 Å². The van der Waals surface area contributed by atoms with Gasteiger partial charge in [-0.3, -0.25) is 9.69 Å². The van der Waals surface area contributed by atoms with Gasteiger partial charge in [-0.15, -0.1) is 11.3 Å². The van der Waals surface area contributed by atoms with Gasteiger partial charge in [0.25, 0.3) is 0 Å². The van der Waals surface area contributed by atoms with Gasteiger partial charge in [0.2, 0.25) is 5.91 Å². The van der Waals surface area contributed by atoms with Crippen LogP contribution in [0.4, 0.5) is 4.79 Å². The van der Waals surface area contributed by atoms with Crippen LogP contribution in [0.1, 0.15) is 15.3 Å². The fourth-order valence-corrected chi connectivity index (χ4v) is 3.56. The average Bonchev–Trinajstić information content (AvgIpc) is 3.19. The molecule has 0 radical (unpaired) electrons. The van der Waals surface area contributed by atoms with Crippen LogP contribution in [0, 0.1) is 6.92 Å². The van der Waals surface area contributed by atoms with Gasteiger partial charge < -0.3 is 14.8 Å². The monoisotopic (exact) mass is 360 g/mol. The molecule has 25 heavy (non-hydrogen) atoms. The number of thiophene rings is 1. The van der Waals surface area contributed by atoms with E-state index in [4.69, 9.17) is 9.47 Å². The maximum atomic E-state index is 12.5. The Morgan fingerprint density at radius 2 is 2.24 bits per heavy atom. The number of hydrogen-bond acceptors (Lipinski definition) is 5. The highest BCUT2D eigenvalue weighted by Crippen LogP contribution is 2.22. The number of carbonyl (C=O) groups is 2. The summed E-state index contributed by atoms with van der Waals surface area (Å²) in [5.41, 5.74) is 0.929. The lowest BCUT2D eigenvalue weighted by molar-refractivity contribution is -0.125. The van der Waals surface area contributed by atoms with Gasteiger partial charge in [-0.2, -0.15) is 0 Å². The molecule has 7 heteroatoms. The second-order valence-electron chi connectivity index (χ2n) is 5.80. The van der Waals surface area contributed by atoms with Gasteiger partial charge in [0, 0.05) is 16.3 Å². The predicted octanol–water partition coefficient (Wildman–Crippen LogP) is 2.70. The van der Waals surface area contributed by atoms with Crippen LogP contribution in [0.2, 0.25) is 0 Å². The Balaban J connectivity index is 1.62. The number of aryl methyl sites for hydroxylation is 1. The van der Waals surface area contributed by atoms with Gasteiger partial charge in [0.1, 0.15) is 18.4 Å². The number of carbonyl (C=O) groups excluding carboxylic acids is 2. The lowest BCUT2D eigenvalue weighted by Crippen LogP contribution is -2.45. The SMILES string of the molecule is COc1cccc(CNC(=O)[C@@H]2COC(=O)N2Cc2ccc(C)s2)c1. The first-order valence-corrected chi connectivity index (χ1v) is 8.78. The van der Waals surface area contributed by atoms with Crippen LogP contribution in [0.15, 0.2) is 36.4 Å². The van der Waals surface area contributed by atoms with Crippen molar-refractivity contribution < 1.29 is 19.1 Å². The van der Waals surface area contributed by atoms with Gasteiger partial charge in [0.15, 0.2) is 0 Å². The molecule has 1 aliphatic rings. The molecule has 2 heterocycles. The van der Waals surface area contributed by atoms with E-state index in [2.05, 4.69) is 5.32 Å². The quantitative estimate of drug-likeness (QED) is 0.860. The number of methoxy groups -OCH3 is 1. The van der Waals surface area contributed by atoms with E-state index in [0.717, 1.165) is 16.2 Å². The minimum atomic E-state index is -0.611. The summed E-state index contributed by atoms with van der Waals surface area (Å²) in [4.78, 5) is 28.2. The molecule has 2 aromatic rings. The van der Waals surface area contributed by atoms with E-state index in [-0.39, 0.29) is 12.5 Å². The minimum absolute atomic E-state index is 0.0765. The zero-order valence-corrected chi connectivity index (χ0v) is 15.0. The van der Waals surface area contributed by atoms with E-state index in [1.165, 1.54) is 9.78 Å². The van der Waals surface area contributed by atoms with Crippen molar-refractivity contribution in [1.29, 1.82) is 0 Å². The molecular weight excluding hydrogens is 340 g/mol. The molecular formula is C18H20N2O4S. The third-order valence-corrected chi connectivity index (χ3v) is 4.99. The molecule has 2 amide bonds. The summed E-state index contributed by atoms with van der Waals surface area (Å²) in [7, 11) is 1.60. The molecule has 1 fully saturated rings. The van der Waals surface area contributed by atoms with E-state index in [9.17, 15) is 9.59 Å². The van der Waals surface area contributed by atoms with Crippen molar-refractivity contribution in [2.75, 3.05) is 13.7 Å². The van der Waals surface area contributed by atoms with Crippen LogP contribution in [-0.4, -0.2) is 36.7 Å². The van der Waals surface area contributed by atoms with Crippen LogP contribution in [0.25, 0.3) is 0 Å². The fraction of sp³-hybridized carbons (Fsp3) is 0.333. The first-order chi connectivity index (χ1) is 12.1. The normalized spacial score (nSPS) is 16.6. The Morgan fingerprint density at radius 1 is 1.40 bits per heavy atom. The zero-order chi connectivity index (χ0) is 17.8. The Labute approximate surface area is 150 Å². The molecule has 1 N–H and O–H groups in total. The number of rotatable bonds is 6. The second kappa shape index (κ2) is 7.57. The smallest absolute Gasteiger partial charge is 0.410 e. The Morgan fingerprint density at radius 3 is 2.96 bits per heavy atom. The fourth-order valence-electron chi connectivity index (χ4n) is 2.67. The van der Waals surface area contributed by atoms with Gasteiger partial charge >= 0.3 is 6.09 Å². The van der Waals surface area contributed by atoms with Crippen molar-refractivity contribution in [2.24, 2.45) is 0 Å². The lowest BCUT2D eigenvalue weighted by atomic mass is 10.2. The summed E-state index contributed by atoms with van der Waals surface area (Å²) in [6.45, 7) is 2.84. The summed E-state index contributed by atoms with van der Waals surface area (Å²) in [5, 5.41) is 2.87. The second-order valence-corrected chi connectivity index (χ2v) is 7.17. The van der Waals surface area contributed by atoms with Crippen LogP contribution in [0.3, 0.4) is 0 Å². The Kier molecular flexibility index (Phi) is 5.23. The molecule has 0 spiro atoms. The third-order valence-electron chi connectivity index (χ3n) is 4.00. The summed E-state index contributed by atoms with van der Waals surface area (Å²) >= 11 is 1.61. The van der Waals surface area contributed by atoms with Crippen molar-refractivity contribution in [3.63, 3.8) is 0 Å². The van der Waals surface area contributed by atoms with Crippen LogP contribution < -0.4 is 10.1 Å². The lowest BCUT2D eigenvalue weighted by Gasteiger charge is -2.20. The first kappa shape index (κ1) is 17.3. The van der Waals surface area contributed by atoms with Crippen molar-refractivity contribution in [3.05, 3.63) is 51.7 Å². The highest BCUT2D eigenvalue weighted by atomic mass is 32.1. The molecule has 1 saturated heterocycles. The van der Waals surface area contributed by atoms with Crippen molar-refractivity contribution in [3.8, 4) is 5.75 Å². The predicted molar refractivity (Wildman–Crippen MR) is 94.6 cm³/mol. The van der Waals surface area contributed by atoms with E-state index in [1.807, 2.05) is 43.3 Å². The molecule has 0 aliphatic carbocycles. The van der Waals surface area contributed by atoms with Gasteiger partial charge in [-0.1, -0.05) is 12.1 Å². The molecule has 1 aromatic heterocycles. The average molecular weight is 360 g/mol. The Hall–Kier alpha value is -2.54. The number of cyclic esters (lactones) is 1. The highest BCUT2D eigenvalue weighted by molar-refractivity contribution is 7.11. The van der Waals surface area contributed by atoms with Crippen molar-refractivity contribution in [1.82, 2.24) is 10.2 Å². The van der Waals surface area contributed by atoms with Gasteiger partial charge in [-0.05, 0) is 36.8 Å². The van der Waals surface area contributed by atoms with E-state index in [1.54, 1.807) is 18.4 Å². The number of ether oxygens (including phenoxy) is 2. The third kappa shape index (κ3) is 4.11. The van der Waals surface area contributed by atoms with Crippen molar-refractivity contribution >= 4 is 23.3 Å². The van der Waals surface area contributed by atoms with E-state index in [0.29, 0.717) is 13.1 Å². The van der Waals surface area contributed by atoms with Crippen molar-refractivity contribution in [2.45, 2.75) is 26.1 Å². The topological polar surface area (TPSA) is 67.9 Å². The van der Waals surface area contributed by atoms with Gasteiger partial charge in [0.05, 0.1) is 13.7 Å². The minimum Gasteiger partial charge on any atom is -0.497 e. The largest absolute Gasteiger partial charge is 0.497 e. The van der Waals surface area contributed by atoms with Crippen LogP contribution in [0.5, 0.6) is 5.75 Å². The molecule has 6 nitrogen and oxygen atoms in total. The molecule has 0 bridgehead atoms. The highest BCUT2D eigenvalue weighted by Gasteiger charge is 2.38. The van der Waals surface area contributed by atoms with E-state index >= 15 is 0 Å². The number of hydrogen-bond donors (Lipinski definition) is 1. The molecule has 1 atom stereocenters. The number of benzene rings is 1. The molecule has 1 aliphatic heterocycles. The van der Waals surface area contributed by atoms with Crippen LogP contribution >= 0.6 is 11.3 Å². The Bertz CT molecular complexity index is 774. The van der Waals surface area contributed by atoms with E-state index < -0.39 is 12.1 Å². The maximum Gasteiger partial charge on any atom is 0.410 e. The number of nitrogens with zero attached hydrogens (tertiary/aromatic N) is 1. The standard InChI is InChI=1S/C18H20N2O4S/c1-12-6-7-15(25-12)10-20-16(11-24-18(20)22)17(21)19-9-13-4-3-5-14(8-13)23-2/h3-8,16H,9-11H2,1-2H3,(H,19,21)/t16-/m0/s1. The molecule has 132 valence electrons. The first-order valence-electron chi connectivity index (χ1n) is 7.96. The molecule has 1 aromatic carbocycles. The molecule has 0 unspecified atom stereocenters. The van der Waals surface area contributed by atoms with Gasteiger partial charge in [-0.25, -0.2) is 4.79 Å².